The number of amides is 1. The molecule has 0 saturated heterocycles. The lowest BCUT2D eigenvalue weighted by Crippen LogP contribution is -2.34. The van der Waals surface area contributed by atoms with E-state index in [1.807, 2.05) is 13.0 Å². The van der Waals surface area contributed by atoms with E-state index in [0.29, 0.717) is 5.56 Å². The molecule has 1 rings (SSSR count). The van der Waals surface area contributed by atoms with Gasteiger partial charge in [0.15, 0.2) is 0 Å². The van der Waals surface area contributed by atoms with Gasteiger partial charge in [0.1, 0.15) is 0 Å². The van der Waals surface area contributed by atoms with Gasteiger partial charge in [0.2, 0.25) is 0 Å². The van der Waals surface area contributed by atoms with Crippen molar-refractivity contribution in [3.63, 3.8) is 0 Å². The molecule has 0 saturated carbocycles. The molecule has 0 aromatic heterocycles. The lowest BCUT2D eigenvalue weighted by Gasteiger charge is -2.14. The van der Waals surface area contributed by atoms with Gasteiger partial charge in [-0.2, -0.15) is 0 Å². The zero-order valence-corrected chi connectivity index (χ0v) is 12.4. The number of carboxylic acids is 1. The summed E-state index contributed by atoms with van der Waals surface area (Å²) >= 11 is 3.36. The number of carbonyl (C=O) groups is 2. The minimum atomic E-state index is -0.960. The largest absolute Gasteiger partial charge is 0.481 e. The lowest BCUT2D eigenvalue weighted by atomic mass is 10.1. The summed E-state index contributed by atoms with van der Waals surface area (Å²) in [7, 11) is 1.42. The summed E-state index contributed by atoms with van der Waals surface area (Å²) < 4.78 is 5.73. The fourth-order valence-electron chi connectivity index (χ4n) is 1.56. The van der Waals surface area contributed by atoms with Gasteiger partial charge in [0.05, 0.1) is 18.1 Å². The molecule has 0 radical (unpaired) electrons. The van der Waals surface area contributed by atoms with Gasteiger partial charge in [-0.3, -0.25) is 9.59 Å². The molecule has 1 atom stereocenters. The van der Waals surface area contributed by atoms with E-state index in [2.05, 4.69) is 21.2 Å². The molecule has 0 aliphatic rings. The van der Waals surface area contributed by atoms with Crippen molar-refractivity contribution in [2.45, 2.75) is 19.4 Å². The van der Waals surface area contributed by atoms with E-state index in [4.69, 9.17) is 9.84 Å². The summed E-state index contributed by atoms with van der Waals surface area (Å²) in [5.74, 6) is -1.22. The van der Waals surface area contributed by atoms with Gasteiger partial charge in [0, 0.05) is 18.1 Å². The van der Waals surface area contributed by atoms with Crippen LogP contribution in [0.1, 0.15) is 22.3 Å². The standard InChI is InChI=1S/C13H16BrNO4/c1-8-4-3-5-10(12(8)14)13(18)15-7-9(19-2)6-11(16)17/h3-5,9H,6-7H2,1-2H3,(H,15,18)(H,16,17). The maximum absolute atomic E-state index is 12.0. The van der Waals surface area contributed by atoms with Crippen molar-refractivity contribution in [1.82, 2.24) is 5.32 Å². The topological polar surface area (TPSA) is 75.6 Å². The Hall–Kier alpha value is -1.40. The minimum absolute atomic E-state index is 0.147. The molecule has 5 nitrogen and oxygen atoms in total. The molecule has 0 heterocycles. The third-order valence-electron chi connectivity index (χ3n) is 2.66. The molecule has 0 aliphatic carbocycles. The number of hydrogen-bond donors (Lipinski definition) is 2. The van der Waals surface area contributed by atoms with Crippen LogP contribution in [0.4, 0.5) is 0 Å². The third-order valence-corrected chi connectivity index (χ3v) is 3.71. The van der Waals surface area contributed by atoms with E-state index in [1.54, 1.807) is 12.1 Å². The van der Waals surface area contributed by atoms with Crippen LogP contribution < -0.4 is 5.32 Å². The number of halogens is 1. The quantitative estimate of drug-likeness (QED) is 0.836. The summed E-state index contributed by atoms with van der Waals surface area (Å²) in [6.07, 6.45) is -0.684. The Bertz CT molecular complexity index is 476. The Labute approximate surface area is 120 Å². The summed E-state index contributed by atoms with van der Waals surface area (Å²) in [5.41, 5.74) is 1.48. The minimum Gasteiger partial charge on any atom is -0.481 e. The Balaban J connectivity index is 2.64. The van der Waals surface area contributed by atoms with Crippen LogP contribution in [0.3, 0.4) is 0 Å². The molecular weight excluding hydrogens is 314 g/mol. The van der Waals surface area contributed by atoms with Crippen molar-refractivity contribution in [3.05, 3.63) is 33.8 Å². The molecule has 6 heteroatoms. The number of benzene rings is 1. The Morgan fingerprint density at radius 1 is 1.47 bits per heavy atom. The maximum atomic E-state index is 12.0. The summed E-state index contributed by atoms with van der Waals surface area (Å²) in [6.45, 7) is 2.05. The van der Waals surface area contributed by atoms with Gasteiger partial charge < -0.3 is 15.2 Å². The van der Waals surface area contributed by atoms with Gasteiger partial charge in [-0.15, -0.1) is 0 Å². The van der Waals surface area contributed by atoms with Crippen molar-refractivity contribution >= 4 is 27.8 Å². The SMILES string of the molecule is COC(CNC(=O)c1cccc(C)c1Br)CC(=O)O. The van der Waals surface area contributed by atoms with E-state index < -0.39 is 12.1 Å². The molecule has 1 aromatic rings. The molecule has 0 aliphatic heterocycles. The highest BCUT2D eigenvalue weighted by molar-refractivity contribution is 9.10. The number of carbonyl (C=O) groups excluding carboxylic acids is 1. The molecular formula is C13H16BrNO4. The van der Waals surface area contributed by atoms with E-state index in [0.717, 1.165) is 10.0 Å². The van der Waals surface area contributed by atoms with E-state index in [-0.39, 0.29) is 18.9 Å². The fraction of sp³-hybridized carbons (Fsp3) is 0.385. The number of nitrogens with one attached hydrogen (secondary N) is 1. The average Bonchev–Trinajstić information content (AvgIpc) is 2.37. The summed E-state index contributed by atoms with van der Waals surface area (Å²) in [4.78, 5) is 22.6. The normalized spacial score (nSPS) is 11.9. The molecule has 1 amide bonds. The molecule has 2 N–H and O–H groups in total. The van der Waals surface area contributed by atoms with Crippen molar-refractivity contribution < 1.29 is 19.4 Å². The van der Waals surface area contributed by atoms with Crippen LogP contribution >= 0.6 is 15.9 Å². The zero-order valence-electron chi connectivity index (χ0n) is 10.8. The highest BCUT2D eigenvalue weighted by atomic mass is 79.9. The summed E-state index contributed by atoms with van der Waals surface area (Å²) in [6, 6.07) is 5.38. The van der Waals surface area contributed by atoms with Crippen LogP contribution in [0.15, 0.2) is 22.7 Å². The van der Waals surface area contributed by atoms with Crippen molar-refractivity contribution in [3.8, 4) is 0 Å². The highest BCUT2D eigenvalue weighted by Crippen LogP contribution is 2.20. The Kier molecular flexibility index (Phi) is 5.98. The van der Waals surface area contributed by atoms with Gasteiger partial charge in [-0.1, -0.05) is 12.1 Å². The van der Waals surface area contributed by atoms with Crippen LogP contribution in [-0.4, -0.2) is 36.7 Å². The second-order valence-electron chi connectivity index (χ2n) is 4.10. The van der Waals surface area contributed by atoms with Crippen LogP contribution in [0.5, 0.6) is 0 Å². The molecule has 1 aromatic carbocycles. The third kappa shape index (κ3) is 4.65. The number of aliphatic carboxylic acids is 1. The van der Waals surface area contributed by atoms with Crippen LogP contribution in [-0.2, 0) is 9.53 Å². The first-order valence-electron chi connectivity index (χ1n) is 5.73. The van der Waals surface area contributed by atoms with E-state index >= 15 is 0 Å². The smallest absolute Gasteiger partial charge is 0.306 e. The first kappa shape index (κ1) is 15.7. The molecule has 0 fully saturated rings. The molecule has 19 heavy (non-hydrogen) atoms. The Morgan fingerprint density at radius 3 is 2.74 bits per heavy atom. The monoisotopic (exact) mass is 329 g/mol. The predicted molar refractivity (Wildman–Crippen MR) is 74.3 cm³/mol. The van der Waals surface area contributed by atoms with Gasteiger partial charge in [-0.25, -0.2) is 0 Å². The number of aryl methyl sites for hydroxylation is 1. The van der Waals surface area contributed by atoms with E-state index in [9.17, 15) is 9.59 Å². The second-order valence-corrected chi connectivity index (χ2v) is 4.90. The van der Waals surface area contributed by atoms with Crippen molar-refractivity contribution in [2.75, 3.05) is 13.7 Å². The predicted octanol–water partition coefficient (Wildman–Crippen LogP) is 1.98. The van der Waals surface area contributed by atoms with Crippen LogP contribution in [0.2, 0.25) is 0 Å². The number of rotatable bonds is 6. The van der Waals surface area contributed by atoms with Gasteiger partial charge in [0.25, 0.3) is 5.91 Å². The first-order chi connectivity index (χ1) is 8.95. The molecule has 0 spiro atoms. The van der Waals surface area contributed by atoms with Gasteiger partial charge in [-0.05, 0) is 34.5 Å². The number of methoxy groups -OCH3 is 1. The second kappa shape index (κ2) is 7.25. The Morgan fingerprint density at radius 2 is 2.16 bits per heavy atom. The molecule has 104 valence electrons. The highest BCUT2D eigenvalue weighted by Gasteiger charge is 2.16. The first-order valence-corrected chi connectivity index (χ1v) is 6.53. The zero-order chi connectivity index (χ0) is 14.4. The lowest BCUT2D eigenvalue weighted by molar-refractivity contribution is -0.139. The van der Waals surface area contributed by atoms with Crippen LogP contribution in [0.25, 0.3) is 0 Å². The number of carboxylic acid groups (broad SMARTS) is 1. The average molecular weight is 330 g/mol. The number of ether oxygens (including phenoxy) is 1. The van der Waals surface area contributed by atoms with Crippen LogP contribution in [0, 0.1) is 6.92 Å². The molecule has 1 unspecified atom stereocenters. The maximum Gasteiger partial charge on any atom is 0.306 e. The van der Waals surface area contributed by atoms with Crippen molar-refractivity contribution in [2.24, 2.45) is 0 Å². The number of hydrogen-bond acceptors (Lipinski definition) is 3. The van der Waals surface area contributed by atoms with Gasteiger partial charge >= 0.3 is 5.97 Å². The molecule has 0 bridgehead atoms. The summed E-state index contributed by atoms with van der Waals surface area (Å²) in [5, 5.41) is 11.3. The van der Waals surface area contributed by atoms with Crippen molar-refractivity contribution in [1.29, 1.82) is 0 Å². The fourth-order valence-corrected chi connectivity index (χ4v) is 2.00. The van der Waals surface area contributed by atoms with E-state index in [1.165, 1.54) is 7.11 Å².